The van der Waals surface area contributed by atoms with E-state index in [-0.39, 0.29) is 11.3 Å². The number of hydrogen-bond acceptors (Lipinski definition) is 5. The van der Waals surface area contributed by atoms with Gasteiger partial charge in [0.1, 0.15) is 17.3 Å². The second kappa shape index (κ2) is 9.00. The lowest BCUT2D eigenvalue weighted by Gasteiger charge is -2.27. The molecule has 0 saturated carbocycles. The maximum Gasteiger partial charge on any atom is 0.300 e. The quantitative estimate of drug-likeness (QED) is 0.316. The number of aliphatic hydroxyl groups excluding tert-OH is 1. The summed E-state index contributed by atoms with van der Waals surface area (Å²) in [6.07, 6.45) is 0. The van der Waals surface area contributed by atoms with Crippen molar-refractivity contribution in [3.8, 4) is 11.5 Å². The number of carbonyl (C=O) groups excluding carboxylic acids is 2. The molecule has 0 aliphatic carbocycles. The van der Waals surface area contributed by atoms with Crippen LogP contribution in [0.1, 0.15) is 22.7 Å². The molecular formula is C26H22ClNO5. The molecule has 0 radical (unpaired) electrons. The van der Waals surface area contributed by atoms with Gasteiger partial charge in [-0.1, -0.05) is 41.9 Å². The van der Waals surface area contributed by atoms with Crippen molar-refractivity contribution in [3.63, 3.8) is 0 Å². The Labute approximate surface area is 196 Å². The third kappa shape index (κ3) is 3.94. The minimum absolute atomic E-state index is 0.0125. The number of aliphatic hydroxyl groups is 1. The number of ether oxygens (including phenoxy) is 2. The number of hydrogen-bond donors (Lipinski definition) is 1. The van der Waals surface area contributed by atoms with Crippen LogP contribution in [0.15, 0.2) is 72.3 Å². The highest BCUT2D eigenvalue weighted by Gasteiger charge is 2.47. The number of methoxy groups -OCH3 is 2. The number of Topliss-reactive ketones (excluding diaryl/α,β-unsaturated/α-hetero) is 1. The normalized spacial score (nSPS) is 17.3. The van der Waals surface area contributed by atoms with Gasteiger partial charge in [-0.2, -0.15) is 0 Å². The van der Waals surface area contributed by atoms with E-state index in [1.54, 1.807) is 36.4 Å². The smallest absolute Gasteiger partial charge is 0.300 e. The summed E-state index contributed by atoms with van der Waals surface area (Å²) in [5.74, 6) is -0.936. The van der Waals surface area contributed by atoms with Crippen LogP contribution in [-0.2, 0) is 9.59 Å². The Kier molecular flexibility index (Phi) is 6.11. The maximum atomic E-state index is 13.3. The molecule has 0 spiro atoms. The van der Waals surface area contributed by atoms with Crippen LogP contribution in [0.5, 0.6) is 11.5 Å². The van der Waals surface area contributed by atoms with Crippen LogP contribution in [0, 0.1) is 6.92 Å². The molecule has 33 heavy (non-hydrogen) atoms. The predicted molar refractivity (Wildman–Crippen MR) is 127 cm³/mol. The Morgan fingerprint density at radius 1 is 0.970 bits per heavy atom. The molecule has 7 heteroatoms. The summed E-state index contributed by atoms with van der Waals surface area (Å²) >= 11 is 6.13. The highest BCUT2D eigenvalue weighted by Crippen LogP contribution is 2.44. The molecule has 1 aliphatic heterocycles. The van der Waals surface area contributed by atoms with E-state index >= 15 is 0 Å². The van der Waals surface area contributed by atoms with Gasteiger partial charge in [0.15, 0.2) is 0 Å². The van der Waals surface area contributed by atoms with Crippen molar-refractivity contribution in [2.45, 2.75) is 13.0 Å². The number of rotatable bonds is 5. The Balaban J connectivity index is 1.97. The van der Waals surface area contributed by atoms with E-state index in [9.17, 15) is 14.7 Å². The van der Waals surface area contributed by atoms with E-state index in [1.165, 1.54) is 25.2 Å². The number of anilines is 1. The van der Waals surface area contributed by atoms with Gasteiger partial charge in [0, 0.05) is 17.3 Å². The van der Waals surface area contributed by atoms with Crippen molar-refractivity contribution in [2.75, 3.05) is 19.1 Å². The largest absolute Gasteiger partial charge is 0.507 e. The Hall–Kier alpha value is -3.77. The predicted octanol–water partition coefficient (Wildman–Crippen LogP) is 5.29. The number of nitrogens with zero attached hydrogens (tertiary/aromatic N) is 1. The minimum Gasteiger partial charge on any atom is -0.507 e. The molecule has 1 amide bonds. The van der Waals surface area contributed by atoms with Crippen LogP contribution in [-0.4, -0.2) is 31.0 Å². The van der Waals surface area contributed by atoms with Crippen molar-refractivity contribution in [3.05, 3.63) is 94.0 Å². The topological polar surface area (TPSA) is 76.1 Å². The van der Waals surface area contributed by atoms with E-state index in [4.69, 9.17) is 21.1 Å². The molecule has 1 N–H and O–H groups in total. The molecule has 168 valence electrons. The summed E-state index contributed by atoms with van der Waals surface area (Å²) in [7, 11) is 2.99. The van der Waals surface area contributed by atoms with Crippen LogP contribution in [0.25, 0.3) is 5.76 Å². The molecule has 4 rings (SSSR count). The summed E-state index contributed by atoms with van der Waals surface area (Å²) in [6.45, 7) is 1.90. The second-order valence-electron chi connectivity index (χ2n) is 7.58. The highest BCUT2D eigenvalue weighted by atomic mass is 35.5. The summed E-state index contributed by atoms with van der Waals surface area (Å²) in [4.78, 5) is 27.9. The van der Waals surface area contributed by atoms with E-state index in [2.05, 4.69) is 0 Å². The summed E-state index contributed by atoms with van der Waals surface area (Å²) in [5.41, 5.74) is 2.39. The average molecular weight is 464 g/mol. The summed E-state index contributed by atoms with van der Waals surface area (Å²) in [5, 5.41) is 11.6. The molecule has 6 nitrogen and oxygen atoms in total. The molecule has 1 heterocycles. The molecule has 1 saturated heterocycles. The van der Waals surface area contributed by atoms with Gasteiger partial charge in [0.2, 0.25) is 0 Å². The van der Waals surface area contributed by atoms with Gasteiger partial charge in [0.05, 0.1) is 30.9 Å². The van der Waals surface area contributed by atoms with Crippen LogP contribution < -0.4 is 14.4 Å². The number of halogens is 1. The molecule has 1 aliphatic rings. The number of amides is 1. The standard InChI is InChI=1S/C26H22ClNO5/c1-15-7-4-5-10-19(15)23-22(24(29)16-11-12-20(27)21(13-16)33-3)25(30)26(31)28(23)17-8-6-9-18(14-17)32-2/h4-14,23,29H,1-3H3/b24-22+. The SMILES string of the molecule is COc1cccc(N2C(=O)C(=O)/C(=C(/O)c3ccc(Cl)c(OC)c3)C2c2ccccc2C)c1. The molecular weight excluding hydrogens is 442 g/mol. The van der Waals surface area contributed by atoms with E-state index in [0.29, 0.717) is 27.8 Å². The zero-order chi connectivity index (χ0) is 23.7. The summed E-state index contributed by atoms with van der Waals surface area (Å²) in [6, 6.07) is 18.2. The molecule has 1 fully saturated rings. The molecule has 1 atom stereocenters. The molecule has 0 bridgehead atoms. The zero-order valence-electron chi connectivity index (χ0n) is 18.3. The number of carbonyl (C=O) groups is 2. The minimum atomic E-state index is -0.833. The van der Waals surface area contributed by atoms with Gasteiger partial charge in [0.25, 0.3) is 11.7 Å². The third-order valence-corrected chi connectivity index (χ3v) is 6.00. The van der Waals surface area contributed by atoms with Crippen molar-refractivity contribution in [1.29, 1.82) is 0 Å². The molecule has 0 aromatic heterocycles. The first kappa shape index (κ1) is 22.4. The van der Waals surface area contributed by atoms with Crippen molar-refractivity contribution < 1.29 is 24.2 Å². The van der Waals surface area contributed by atoms with Gasteiger partial charge in [-0.3, -0.25) is 14.5 Å². The summed E-state index contributed by atoms with van der Waals surface area (Å²) < 4.78 is 10.6. The molecule has 3 aromatic rings. The van der Waals surface area contributed by atoms with Gasteiger partial charge in [-0.05, 0) is 48.4 Å². The lowest BCUT2D eigenvalue weighted by molar-refractivity contribution is -0.132. The molecule has 3 aromatic carbocycles. The number of aryl methyl sites for hydroxylation is 1. The highest BCUT2D eigenvalue weighted by molar-refractivity contribution is 6.51. The molecule has 1 unspecified atom stereocenters. The third-order valence-electron chi connectivity index (χ3n) is 5.68. The average Bonchev–Trinajstić information content (AvgIpc) is 3.09. The van der Waals surface area contributed by atoms with Gasteiger partial charge >= 0.3 is 0 Å². The second-order valence-corrected chi connectivity index (χ2v) is 7.98. The lowest BCUT2D eigenvalue weighted by Crippen LogP contribution is -2.29. The van der Waals surface area contributed by atoms with Crippen molar-refractivity contribution >= 4 is 34.7 Å². The fourth-order valence-corrected chi connectivity index (χ4v) is 4.20. The van der Waals surface area contributed by atoms with Gasteiger partial charge in [-0.15, -0.1) is 0 Å². The van der Waals surface area contributed by atoms with Crippen LogP contribution in [0.2, 0.25) is 5.02 Å². The lowest BCUT2D eigenvalue weighted by atomic mass is 9.92. The van der Waals surface area contributed by atoms with E-state index < -0.39 is 17.7 Å². The van der Waals surface area contributed by atoms with Gasteiger partial charge in [-0.25, -0.2) is 0 Å². The number of benzene rings is 3. The first-order valence-electron chi connectivity index (χ1n) is 10.2. The first-order chi connectivity index (χ1) is 15.9. The Morgan fingerprint density at radius 3 is 2.42 bits per heavy atom. The van der Waals surface area contributed by atoms with Crippen LogP contribution in [0.3, 0.4) is 0 Å². The fraction of sp³-hybridized carbons (Fsp3) is 0.154. The first-order valence-corrected chi connectivity index (χ1v) is 10.6. The van der Waals surface area contributed by atoms with E-state index in [0.717, 1.165) is 11.1 Å². The number of ketones is 1. The van der Waals surface area contributed by atoms with Crippen LogP contribution >= 0.6 is 11.6 Å². The Morgan fingerprint density at radius 2 is 1.73 bits per heavy atom. The monoisotopic (exact) mass is 463 g/mol. The fourth-order valence-electron chi connectivity index (χ4n) is 4.01. The van der Waals surface area contributed by atoms with Crippen molar-refractivity contribution in [1.82, 2.24) is 0 Å². The van der Waals surface area contributed by atoms with Gasteiger partial charge < -0.3 is 14.6 Å². The zero-order valence-corrected chi connectivity index (χ0v) is 19.1. The van der Waals surface area contributed by atoms with Crippen molar-refractivity contribution in [2.24, 2.45) is 0 Å². The Bertz CT molecular complexity index is 1280. The van der Waals surface area contributed by atoms with Crippen LogP contribution in [0.4, 0.5) is 5.69 Å². The van der Waals surface area contributed by atoms with E-state index in [1.807, 2.05) is 31.2 Å². The maximum absolute atomic E-state index is 13.3.